The summed E-state index contributed by atoms with van der Waals surface area (Å²) >= 11 is 5.42. The van der Waals surface area contributed by atoms with Gasteiger partial charge in [0.15, 0.2) is 12.1 Å². The number of carbonyl (C=O) groups is 2. The molecule has 0 aliphatic heterocycles. The van der Waals surface area contributed by atoms with Crippen LogP contribution in [0.2, 0.25) is 0 Å². The van der Waals surface area contributed by atoms with Gasteiger partial charge in [-0.25, -0.2) is 9.59 Å². The summed E-state index contributed by atoms with van der Waals surface area (Å²) in [7, 11) is 0. The predicted octanol–water partition coefficient (Wildman–Crippen LogP) is 3.24. The summed E-state index contributed by atoms with van der Waals surface area (Å²) < 4.78 is 15.4. The number of rotatable bonds is 9. The lowest BCUT2D eigenvalue weighted by atomic mass is 10.2. The molecule has 0 saturated heterocycles. The molecule has 7 heteroatoms. The fourth-order valence-corrected chi connectivity index (χ4v) is 2.21. The number of nitrogens with one attached hydrogen (secondary N) is 1. The highest BCUT2D eigenvalue weighted by Gasteiger charge is 2.23. The minimum absolute atomic E-state index is 0.0644. The van der Waals surface area contributed by atoms with Crippen LogP contribution in [0.15, 0.2) is 60.7 Å². The molecule has 0 radical (unpaired) electrons. The maximum Gasteiger partial charge on any atom is 0.408 e. The molecule has 0 aliphatic carbocycles. The van der Waals surface area contributed by atoms with Gasteiger partial charge in [-0.05, 0) is 11.1 Å². The van der Waals surface area contributed by atoms with Gasteiger partial charge in [0.25, 0.3) is 0 Å². The highest BCUT2D eigenvalue weighted by molar-refractivity contribution is 6.17. The second-order valence-corrected chi connectivity index (χ2v) is 5.55. The maximum absolute atomic E-state index is 11.9. The first-order valence-corrected chi connectivity index (χ1v) is 8.54. The minimum atomic E-state index is -1.01. The number of benzene rings is 2. The van der Waals surface area contributed by atoms with E-state index in [0.717, 1.165) is 11.1 Å². The fraction of sp³-hybridized carbons (Fsp3) is 0.263. The Hall–Kier alpha value is -2.57. The van der Waals surface area contributed by atoms with E-state index in [1.165, 1.54) is 0 Å². The molecule has 0 bridgehead atoms. The molecule has 2 aromatic rings. The Kier molecular flexibility index (Phi) is 8.45. The summed E-state index contributed by atoms with van der Waals surface area (Å²) in [5.74, 6) is -0.690. The Balaban J connectivity index is 1.83. The Morgan fingerprint density at radius 2 is 1.46 bits per heavy atom. The van der Waals surface area contributed by atoms with Gasteiger partial charge in [0.2, 0.25) is 0 Å². The molecule has 0 aliphatic rings. The smallest absolute Gasteiger partial charge is 0.408 e. The van der Waals surface area contributed by atoms with E-state index in [2.05, 4.69) is 5.32 Å². The molecule has 0 spiro atoms. The summed E-state index contributed by atoms with van der Waals surface area (Å²) in [6.07, 6.45) is -0.742. The van der Waals surface area contributed by atoms with E-state index in [4.69, 9.17) is 25.8 Å². The SMILES string of the molecule is O=C(NC(COCc1ccccc1)C(=O)OCCl)OCc1ccccc1. The molecule has 0 heterocycles. The topological polar surface area (TPSA) is 73.9 Å². The molecule has 0 fully saturated rings. The lowest BCUT2D eigenvalue weighted by molar-refractivity contribution is -0.145. The first kappa shape index (κ1) is 19.8. The third-order valence-electron chi connectivity index (χ3n) is 3.38. The van der Waals surface area contributed by atoms with Crippen LogP contribution in [0.4, 0.5) is 4.79 Å². The van der Waals surface area contributed by atoms with Crippen LogP contribution in [0.1, 0.15) is 11.1 Å². The number of carbonyl (C=O) groups excluding carboxylic acids is 2. The standard InChI is InChI=1S/C19H20ClNO5/c20-14-26-18(22)17(13-24-11-15-7-3-1-4-8-15)21-19(23)25-12-16-9-5-2-6-10-16/h1-10,17H,11-14H2,(H,21,23). The van der Waals surface area contributed by atoms with Crippen molar-refractivity contribution in [3.63, 3.8) is 0 Å². The summed E-state index contributed by atoms with van der Waals surface area (Å²) in [6, 6.07) is 17.3. The van der Waals surface area contributed by atoms with Gasteiger partial charge in [0.1, 0.15) is 6.61 Å². The van der Waals surface area contributed by atoms with Crippen molar-refractivity contribution >= 4 is 23.7 Å². The number of hydrogen-bond acceptors (Lipinski definition) is 5. The Labute approximate surface area is 157 Å². The van der Waals surface area contributed by atoms with Gasteiger partial charge >= 0.3 is 12.1 Å². The van der Waals surface area contributed by atoms with Crippen LogP contribution in [-0.2, 0) is 32.2 Å². The van der Waals surface area contributed by atoms with E-state index in [-0.39, 0.29) is 19.3 Å². The number of esters is 1. The van der Waals surface area contributed by atoms with Crippen molar-refractivity contribution in [1.82, 2.24) is 5.32 Å². The van der Waals surface area contributed by atoms with Gasteiger partial charge in [-0.1, -0.05) is 72.3 Å². The van der Waals surface area contributed by atoms with Crippen molar-refractivity contribution in [2.24, 2.45) is 0 Å². The number of hydrogen-bond donors (Lipinski definition) is 1. The van der Waals surface area contributed by atoms with Crippen molar-refractivity contribution in [2.45, 2.75) is 19.3 Å². The summed E-state index contributed by atoms with van der Waals surface area (Å²) in [5, 5.41) is 2.44. The zero-order valence-electron chi connectivity index (χ0n) is 14.1. The monoisotopic (exact) mass is 377 g/mol. The van der Waals surface area contributed by atoms with E-state index >= 15 is 0 Å². The summed E-state index contributed by atoms with van der Waals surface area (Å²) in [5.41, 5.74) is 1.78. The van der Waals surface area contributed by atoms with E-state index in [1.54, 1.807) is 0 Å². The lowest BCUT2D eigenvalue weighted by Gasteiger charge is -2.17. The third-order valence-corrected chi connectivity index (χ3v) is 3.49. The molecule has 138 valence electrons. The normalized spacial score (nSPS) is 11.4. The number of alkyl carbamates (subject to hydrolysis) is 1. The largest absolute Gasteiger partial charge is 0.448 e. The first-order valence-electron chi connectivity index (χ1n) is 8.00. The van der Waals surface area contributed by atoms with Gasteiger partial charge in [-0.3, -0.25) is 0 Å². The predicted molar refractivity (Wildman–Crippen MR) is 96.5 cm³/mol. The first-order chi connectivity index (χ1) is 12.7. The molecule has 1 atom stereocenters. The molecule has 1 unspecified atom stereocenters. The van der Waals surface area contributed by atoms with Crippen LogP contribution in [0.5, 0.6) is 0 Å². The van der Waals surface area contributed by atoms with Crippen molar-refractivity contribution in [2.75, 3.05) is 12.7 Å². The van der Waals surface area contributed by atoms with Crippen LogP contribution in [0, 0.1) is 0 Å². The van der Waals surface area contributed by atoms with Crippen molar-refractivity contribution in [3.8, 4) is 0 Å². The average molecular weight is 378 g/mol. The molecule has 6 nitrogen and oxygen atoms in total. The van der Waals surface area contributed by atoms with Crippen molar-refractivity contribution in [1.29, 1.82) is 0 Å². The zero-order chi connectivity index (χ0) is 18.6. The van der Waals surface area contributed by atoms with E-state index in [1.807, 2.05) is 60.7 Å². The van der Waals surface area contributed by atoms with Gasteiger partial charge in [-0.2, -0.15) is 0 Å². The van der Waals surface area contributed by atoms with Crippen LogP contribution in [-0.4, -0.2) is 30.8 Å². The second kappa shape index (κ2) is 11.1. The Bertz CT molecular complexity index is 681. The van der Waals surface area contributed by atoms with E-state index in [0.29, 0.717) is 6.61 Å². The van der Waals surface area contributed by atoms with Gasteiger partial charge in [0.05, 0.1) is 13.2 Å². The van der Waals surface area contributed by atoms with Crippen LogP contribution in [0.25, 0.3) is 0 Å². The molecule has 1 amide bonds. The van der Waals surface area contributed by atoms with Gasteiger partial charge in [0, 0.05) is 0 Å². The number of amides is 1. The van der Waals surface area contributed by atoms with Crippen molar-refractivity contribution in [3.05, 3.63) is 71.8 Å². The molecule has 26 heavy (non-hydrogen) atoms. The van der Waals surface area contributed by atoms with E-state index in [9.17, 15) is 9.59 Å². The molecule has 2 rings (SSSR count). The quantitative estimate of drug-likeness (QED) is 0.536. The number of halogens is 1. The van der Waals surface area contributed by atoms with Crippen LogP contribution < -0.4 is 5.32 Å². The highest BCUT2D eigenvalue weighted by atomic mass is 35.5. The zero-order valence-corrected chi connectivity index (χ0v) is 14.9. The number of alkyl halides is 1. The molecule has 1 N–H and O–H groups in total. The third kappa shape index (κ3) is 7.13. The number of ether oxygens (including phenoxy) is 3. The second-order valence-electron chi connectivity index (χ2n) is 5.33. The van der Waals surface area contributed by atoms with Crippen molar-refractivity contribution < 1.29 is 23.8 Å². The highest BCUT2D eigenvalue weighted by Crippen LogP contribution is 2.04. The minimum Gasteiger partial charge on any atom is -0.448 e. The average Bonchev–Trinajstić information content (AvgIpc) is 2.67. The summed E-state index contributed by atoms with van der Waals surface area (Å²) in [4.78, 5) is 23.9. The van der Waals surface area contributed by atoms with Crippen LogP contribution in [0.3, 0.4) is 0 Å². The molecule has 2 aromatic carbocycles. The van der Waals surface area contributed by atoms with Gasteiger partial charge < -0.3 is 19.5 Å². The van der Waals surface area contributed by atoms with Crippen LogP contribution >= 0.6 is 11.6 Å². The van der Waals surface area contributed by atoms with Gasteiger partial charge in [-0.15, -0.1) is 0 Å². The van der Waals surface area contributed by atoms with E-state index < -0.39 is 18.1 Å². The Morgan fingerprint density at radius 1 is 0.885 bits per heavy atom. The summed E-state index contributed by atoms with van der Waals surface area (Å²) in [6.45, 7) is 0.326. The molecular weight excluding hydrogens is 358 g/mol. The maximum atomic E-state index is 11.9. The molecular formula is C19H20ClNO5. The Morgan fingerprint density at radius 3 is 2.04 bits per heavy atom. The molecule has 0 saturated carbocycles. The fourth-order valence-electron chi connectivity index (χ4n) is 2.10. The lowest BCUT2D eigenvalue weighted by Crippen LogP contribution is -2.45. The molecule has 0 aromatic heterocycles.